The average molecular weight is 432 g/mol. The Balaban J connectivity index is 1.48. The maximum Gasteiger partial charge on any atom is 0.322 e. The van der Waals surface area contributed by atoms with E-state index >= 15 is 0 Å². The van der Waals surface area contributed by atoms with Gasteiger partial charge in [-0.05, 0) is 54.8 Å². The monoisotopic (exact) mass is 432 g/mol. The van der Waals surface area contributed by atoms with Gasteiger partial charge in [-0.2, -0.15) is 0 Å². The molecule has 2 aromatic carbocycles. The van der Waals surface area contributed by atoms with Crippen LogP contribution < -0.4 is 10.6 Å². The molecule has 1 fully saturated rings. The SMILES string of the molecule is O=C(NCc1ccccn1)C1CCC(c2ccc(F)cc2)N(C(=O)Nc2ccccc2)C1. The second-order valence-electron chi connectivity index (χ2n) is 7.83. The summed E-state index contributed by atoms with van der Waals surface area (Å²) in [6, 6.07) is 20.4. The fraction of sp³-hybridized carbons (Fsp3) is 0.240. The Morgan fingerprint density at radius 2 is 1.72 bits per heavy atom. The summed E-state index contributed by atoms with van der Waals surface area (Å²) < 4.78 is 13.4. The highest BCUT2D eigenvalue weighted by molar-refractivity contribution is 5.90. The Morgan fingerprint density at radius 3 is 2.44 bits per heavy atom. The molecule has 164 valence electrons. The highest BCUT2D eigenvalue weighted by Crippen LogP contribution is 2.34. The van der Waals surface area contributed by atoms with Gasteiger partial charge in [0.2, 0.25) is 5.91 Å². The first kappa shape index (κ1) is 21.5. The van der Waals surface area contributed by atoms with Crippen molar-refractivity contribution in [1.29, 1.82) is 0 Å². The van der Waals surface area contributed by atoms with Crippen molar-refractivity contribution in [2.45, 2.75) is 25.4 Å². The molecule has 2 N–H and O–H groups in total. The zero-order valence-corrected chi connectivity index (χ0v) is 17.6. The number of urea groups is 1. The topological polar surface area (TPSA) is 74.3 Å². The number of hydrogen-bond acceptors (Lipinski definition) is 3. The van der Waals surface area contributed by atoms with Gasteiger partial charge in [0.05, 0.1) is 24.2 Å². The molecule has 0 spiro atoms. The van der Waals surface area contributed by atoms with E-state index in [9.17, 15) is 14.0 Å². The van der Waals surface area contributed by atoms with E-state index in [1.165, 1.54) is 12.1 Å². The number of hydrogen-bond donors (Lipinski definition) is 2. The predicted molar refractivity (Wildman–Crippen MR) is 120 cm³/mol. The van der Waals surface area contributed by atoms with Crippen molar-refractivity contribution < 1.29 is 14.0 Å². The quantitative estimate of drug-likeness (QED) is 0.622. The summed E-state index contributed by atoms with van der Waals surface area (Å²) in [4.78, 5) is 31.9. The van der Waals surface area contributed by atoms with Crippen LogP contribution in [0.5, 0.6) is 0 Å². The summed E-state index contributed by atoms with van der Waals surface area (Å²) in [5.74, 6) is -0.765. The van der Waals surface area contributed by atoms with Crippen molar-refractivity contribution in [2.75, 3.05) is 11.9 Å². The smallest absolute Gasteiger partial charge is 0.322 e. The molecule has 3 amide bonds. The second-order valence-corrected chi connectivity index (χ2v) is 7.83. The zero-order chi connectivity index (χ0) is 22.3. The van der Waals surface area contributed by atoms with Crippen LogP contribution >= 0.6 is 0 Å². The van der Waals surface area contributed by atoms with Gasteiger partial charge in [0.15, 0.2) is 0 Å². The molecule has 32 heavy (non-hydrogen) atoms. The molecule has 3 aromatic rings. The van der Waals surface area contributed by atoms with Gasteiger partial charge >= 0.3 is 6.03 Å². The maximum absolute atomic E-state index is 13.4. The summed E-state index contributed by atoms with van der Waals surface area (Å²) in [7, 11) is 0. The van der Waals surface area contributed by atoms with Gasteiger partial charge in [-0.15, -0.1) is 0 Å². The van der Waals surface area contributed by atoms with Gasteiger partial charge in [-0.1, -0.05) is 36.4 Å². The molecule has 7 heteroatoms. The number of nitrogens with zero attached hydrogens (tertiary/aromatic N) is 2. The third-order valence-electron chi connectivity index (χ3n) is 5.66. The number of carbonyl (C=O) groups excluding carboxylic acids is 2. The summed E-state index contributed by atoms with van der Waals surface area (Å²) in [5, 5.41) is 5.84. The first-order valence-electron chi connectivity index (χ1n) is 10.7. The first-order chi connectivity index (χ1) is 15.6. The van der Waals surface area contributed by atoms with Crippen molar-refractivity contribution in [3.05, 3.63) is 96.1 Å². The number of carbonyl (C=O) groups is 2. The molecule has 1 saturated heterocycles. The number of amides is 3. The third-order valence-corrected chi connectivity index (χ3v) is 5.66. The molecule has 6 nitrogen and oxygen atoms in total. The first-order valence-corrected chi connectivity index (χ1v) is 10.7. The Kier molecular flexibility index (Phi) is 6.75. The van der Waals surface area contributed by atoms with E-state index in [1.54, 1.807) is 23.2 Å². The van der Waals surface area contributed by atoms with Gasteiger partial charge < -0.3 is 15.5 Å². The van der Waals surface area contributed by atoms with Crippen LogP contribution in [0.4, 0.5) is 14.9 Å². The minimum absolute atomic E-state index is 0.106. The van der Waals surface area contributed by atoms with Crippen LogP contribution in [0.2, 0.25) is 0 Å². The van der Waals surface area contributed by atoms with E-state index in [0.29, 0.717) is 25.1 Å². The molecule has 0 aliphatic carbocycles. The molecule has 0 saturated carbocycles. The van der Waals surface area contributed by atoms with Crippen LogP contribution in [0.1, 0.15) is 30.1 Å². The largest absolute Gasteiger partial charge is 0.350 e. The Hall–Kier alpha value is -3.74. The van der Waals surface area contributed by atoms with Gasteiger partial charge in [0, 0.05) is 18.4 Å². The predicted octanol–water partition coefficient (Wildman–Crippen LogP) is 4.52. The number of para-hydroxylation sites is 1. The Morgan fingerprint density at radius 1 is 0.969 bits per heavy atom. The zero-order valence-electron chi connectivity index (χ0n) is 17.6. The van der Waals surface area contributed by atoms with Crippen LogP contribution in [0, 0.1) is 11.7 Å². The number of aromatic nitrogens is 1. The van der Waals surface area contributed by atoms with Crippen molar-refractivity contribution >= 4 is 17.6 Å². The molecule has 2 unspecified atom stereocenters. The number of benzene rings is 2. The van der Waals surface area contributed by atoms with E-state index in [-0.39, 0.29) is 36.3 Å². The average Bonchev–Trinajstić information content (AvgIpc) is 2.84. The molecular weight excluding hydrogens is 407 g/mol. The lowest BCUT2D eigenvalue weighted by Crippen LogP contribution is -2.48. The second kappa shape index (κ2) is 10.0. The number of nitrogens with one attached hydrogen (secondary N) is 2. The molecule has 0 bridgehead atoms. The summed E-state index contributed by atoms with van der Waals surface area (Å²) in [5.41, 5.74) is 2.30. The fourth-order valence-corrected chi connectivity index (χ4v) is 3.98. The number of likely N-dealkylation sites (tertiary alicyclic amines) is 1. The van der Waals surface area contributed by atoms with E-state index in [2.05, 4.69) is 15.6 Å². The van der Waals surface area contributed by atoms with Crippen LogP contribution in [-0.4, -0.2) is 28.4 Å². The van der Waals surface area contributed by atoms with Crippen LogP contribution in [0.25, 0.3) is 0 Å². The summed E-state index contributed by atoms with van der Waals surface area (Å²) in [6.45, 7) is 0.614. The van der Waals surface area contributed by atoms with Crippen molar-refractivity contribution in [2.24, 2.45) is 5.92 Å². The lowest BCUT2D eigenvalue weighted by atomic mass is 9.88. The number of rotatable bonds is 5. The number of pyridine rings is 1. The Labute approximate surface area is 186 Å². The van der Waals surface area contributed by atoms with Crippen molar-refractivity contribution in [3.63, 3.8) is 0 Å². The van der Waals surface area contributed by atoms with Crippen molar-refractivity contribution in [1.82, 2.24) is 15.2 Å². The Bertz CT molecular complexity index is 1040. The number of halogens is 1. The molecule has 1 aliphatic heterocycles. The maximum atomic E-state index is 13.4. The van der Waals surface area contributed by atoms with Crippen LogP contribution in [0.3, 0.4) is 0 Å². The molecule has 4 rings (SSSR count). The van der Waals surface area contributed by atoms with Gasteiger partial charge in [0.1, 0.15) is 5.82 Å². The minimum Gasteiger partial charge on any atom is -0.350 e. The van der Waals surface area contributed by atoms with E-state index < -0.39 is 0 Å². The molecular formula is C25H25FN4O2. The number of piperidine rings is 1. The van der Waals surface area contributed by atoms with Gasteiger partial charge in [-0.3, -0.25) is 9.78 Å². The molecule has 1 aromatic heterocycles. The van der Waals surface area contributed by atoms with Crippen LogP contribution in [-0.2, 0) is 11.3 Å². The highest BCUT2D eigenvalue weighted by atomic mass is 19.1. The van der Waals surface area contributed by atoms with Gasteiger partial charge in [0.25, 0.3) is 0 Å². The standard InChI is InChI=1S/C25H25FN4O2/c26-20-12-9-18(10-13-20)23-14-11-19(24(31)28-16-22-8-4-5-15-27-22)17-30(23)25(32)29-21-6-2-1-3-7-21/h1-10,12-13,15,19,23H,11,14,16-17H2,(H,28,31)(H,29,32). The lowest BCUT2D eigenvalue weighted by Gasteiger charge is -2.39. The molecule has 0 radical (unpaired) electrons. The van der Waals surface area contributed by atoms with Gasteiger partial charge in [-0.25, -0.2) is 9.18 Å². The fourth-order valence-electron chi connectivity index (χ4n) is 3.98. The number of anilines is 1. The summed E-state index contributed by atoms with van der Waals surface area (Å²) >= 11 is 0. The van der Waals surface area contributed by atoms with Crippen LogP contribution in [0.15, 0.2) is 79.0 Å². The normalized spacial score (nSPS) is 18.1. The van der Waals surface area contributed by atoms with E-state index in [0.717, 1.165) is 11.3 Å². The van der Waals surface area contributed by atoms with Crippen molar-refractivity contribution in [3.8, 4) is 0 Å². The minimum atomic E-state index is -0.336. The lowest BCUT2D eigenvalue weighted by molar-refractivity contribution is -0.126. The highest BCUT2D eigenvalue weighted by Gasteiger charge is 2.35. The summed E-state index contributed by atoms with van der Waals surface area (Å²) in [6.07, 6.45) is 2.92. The van der Waals surface area contributed by atoms with E-state index in [1.807, 2.05) is 48.5 Å². The molecule has 1 aliphatic rings. The molecule has 2 atom stereocenters. The molecule has 2 heterocycles. The van der Waals surface area contributed by atoms with E-state index in [4.69, 9.17) is 0 Å². The third kappa shape index (κ3) is 5.29.